The monoisotopic (exact) mass is 321 g/mol. The molecule has 4 heteroatoms. The molecule has 2 aromatic carbocycles. The molecule has 0 N–H and O–H groups in total. The number of hydrogen-bond donors (Lipinski definition) is 0. The van der Waals surface area contributed by atoms with Crippen molar-refractivity contribution in [2.75, 3.05) is 0 Å². The Labute approximate surface area is 138 Å². The van der Waals surface area contributed by atoms with Gasteiger partial charge in [0, 0.05) is 6.08 Å². The zero-order valence-electron chi connectivity index (χ0n) is 12.5. The molecular formula is C19H15NO2S. The van der Waals surface area contributed by atoms with Gasteiger partial charge < -0.3 is 4.74 Å². The fourth-order valence-electron chi connectivity index (χ4n) is 2.86. The van der Waals surface area contributed by atoms with Gasteiger partial charge in [0.2, 0.25) is 0 Å². The van der Waals surface area contributed by atoms with Crippen LogP contribution in [-0.2, 0) is 17.6 Å². The lowest BCUT2D eigenvalue weighted by atomic mass is 10.1. The fourth-order valence-corrected chi connectivity index (χ4v) is 3.73. The Morgan fingerprint density at radius 1 is 1.13 bits per heavy atom. The molecule has 1 aromatic heterocycles. The smallest absolute Gasteiger partial charge is 0.336 e. The molecule has 0 fully saturated rings. The van der Waals surface area contributed by atoms with Gasteiger partial charge in [-0.25, -0.2) is 9.78 Å². The van der Waals surface area contributed by atoms with Crippen LogP contribution < -0.4 is 4.74 Å². The predicted molar refractivity (Wildman–Crippen MR) is 92.8 cm³/mol. The molecule has 0 saturated carbocycles. The Morgan fingerprint density at radius 3 is 2.91 bits per heavy atom. The number of ether oxygens (including phenoxy) is 1. The van der Waals surface area contributed by atoms with Crippen LogP contribution in [0.2, 0.25) is 0 Å². The van der Waals surface area contributed by atoms with E-state index < -0.39 is 0 Å². The zero-order valence-corrected chi connectivity index (χ0v) is 13.3. The van der Waals surface area contributed by atoms with E-state index in [0.717, 1.165) is 28.1 Å². The molecule has 1 aliphatic rings. The number of hydrogen-bond acceptors (Lipinski definition) is 4. The number of thiazole rings is 1. The van der Waals surface area contributed by atoms with Crippen LogP contribution in [0.4, 0.5) is 0 Å². The molecule has 23 heavy (non-hydrogen) atoms. The third-order valence-corrected chi connectivity index (χ3v) is 4.96. The molecule has 3 aromatic rings. The number of carbonyl (C=O) groups is 1. The van der Waals surface area contributed by atoms with Crippen molar-refractivity contribution >= 4 is 33.6 Å². The molecule has 0 atom stereocenters. The molecule has 114 valence electrons. The van der Waals surface area contributed by atoms with E-state index in [-0.39, 0.29) is 5.97 Å². The number of carbonyl (C=O) groups excluding carboxylic acids is 1. The highest BCUT2D eigenvalue weighted by atomic mass is 32.1. The highest BCUT2D eigenvalue weighted by molar-refractivity contribution is 7.19. The van der Waals surface area contributed by atoms with E-state index >= 15 is 0 Å². The standard InChI is InChI=1S/C19H15NO2S/c21-19(22-15-9-8-13-4-3-5-14(13)12-15)11-10-18-20-16-6-1-2-7-17(16)23-18/h1-2,6-12H,3-5H2. The highest BCUT2D eigenvalue weighted by Crippen LogP contribution is 2.26. The lowest BCUT2D eigenvalue weighted by Gasteiger charge is -2.04. The maximum atomic E-state index is 12.0. The summed E-state index contributed by atoms with van der Waals surface area (Å²) in [6.07, 6.45) is 6.53. The van der Waals surface area contributed by atoms with Crippen molar-refractivity contribution in [3.63, 3.8) is 0 Å². The average Bonchev–Trinajstić information content (AvgIpc) is 3.18. The minimum atomic E-state index is -0.373. The van der Waals surface area contributed by atoms with Crippen molar-refractivity contribution in [3.05, 3.63) is 64.7 Å². The summed E-state index contributed by atoms with van der Waals surface area (Å²) in [6, 6.07) is 13.8. The van der Waals surface area contributed by atoms with Crippen molar-refractivity contribution < 1.29 is 9.53 Å². The lowest BCUT2D eigenvalue weighted by molar-refractivity contribution is -0.128. The highest BCUT2D eigenvalue weighted by Gasteiger charge is 2.12. The van der Waals surface area contributed by atoms with Crippen molar-refractivity contribution in [2.24, 2.45) is 0 Å². The van der Waals surface area contributed by atoms with Crippen molar-refractivity contribution in [2.45, 2.75) is 19.3 Å². The Kier molecular flexibility index (Phi) is 3.67. The second-order valence-corrected chi connectivity index (χ2v) is 6.62. The van der Waals surface area contributed by atoms with Crippen LogP contribution in [0.15, 0.2) is 48.5 Å². The van der Waals surface area contributed by atoms with Gasteiger partial charge in [-0.3, -0.25) is 0 Å². The summed E-state index contributed by atoms with van der Waals surface area (Å²) in [5.41, 5.74) is 3.62. The topological polar surface area (TPSA) is 39.2 Å². The van der Waals surface area contributed by atoms with E-state index in [1.807, 2.05) is 36.4 Å². The number of para-hydroxylation sites is 1. The van der Waals surface area contributed by atoms with Crippen LogP contribution >= 0.6 is 11.3 Å². The molecule has 0 unspecified atom stereocenters. The molecule has 0 saturated heterocycles. The fraction of sp³-hybridized carbons (Fsp3) is 0.158. The Morgan fingerprint density at radius 2 is 2.00 bits per heavy atom. The number of aryl methyl sites for hydroxylation is 2. The number of aromatic nitrogens is 1. The average molecular weight is 321 g/mol. The number of nitrogens with zero attached hydrogens (tertiary/aromatic N) is 1. The van der Waals surface area contributed by atoms with Crippen LogP contribution in [0.5, 0.6) is 5.75 Å². The first-order valence-corrected chi connectivity index (χ1v) is 8.47. The minimum absolute atomic E-state index is 0.373. The quantitative estimate of drug-likeness (QED) is 0.408. The molecule has 0 amide bonds. The molecule has 4 rings (SSSR count). The van der Waals surface area contributed by atoms with Gasteiger partial charge in [-0.1, -0.05) is 18.2 Å². The van der Waals surface area contributed by atoms with E-state index in [9.17, 15) is 4.79 Å². The number of fused-ring (bicyclic) bond motifs is 2. The van der Waals surface area contributed by atoms with Crippen LogP contribution in [0, 0.1) is 0 Å². The first kappa shape index (κ1) is 14.2. The number of benzene rings is 2. The van der Waals surface area contributed by atoms with Crippen molar-refractivity contribution in [1.29, 1.82) is 0 Å². The van der Waals surface area contributed by atoms with Gasteiger partial charge in [0.25, 0.3) is 0 Å². The van der Waals surface area contributed by atoms with Gasteiger partial charge >= 0.3 is 5.97 Å². The molecule has 0 radical (unpaired) electrons. The second-order valence-electron chi connectivity index (χ2n) is 5.56. The minimum Gasteiger partial charge on any atom is -0.423 e. The van der Waals surface area contributed by atoms with Gasteiger partial charge in [-0.2, -0.15) is 0 Å². The van der Waals surface area contributed by atoms with Crippen LogP contribution in [0.1, 0.15) is 22.6 Å². The number of rotatable bonds is 3. The van der Waals surface area contributed by atoms with E-state index in [1.54, 1.807) is 17.4 Å². The Balaban J connectivity index is 1.47. The van der Waals surface area contributed by atoms with E-state index in [4.69, 9.17) is 4.74 Å². The maximum absolute atomic E-state index is 12.0. The first-order chi connectivity index (χ1) is 11.3. The van der Waals surface area contributed by atoms with Gasteiger partial charge in [0.05, 0.1) is 10.2 Å². The van der Waals surface area contributed by atoms with Crippen molar-refractivity contribution in [3.8, 4) is 5.75 Å². The van der Waals surface area contributed by atoms with Gasteiger partial charge in [-0.05, 0) is 60.7 Å². The van der Waals surface area contributed by atoms with Crippen LogP contribution in [0.3, 0.4) is 0 Å². The van der Waals surface area contributed by atoms with Gasteiger partial charge in [0.1, 0.15) is 10.8 Å². The molecule has 0 bridgehead atoms. The number of esters is 1. The summed E-state index contributed by atoms with van der Waals surface area (Å²) >= 11 is 1.56. The third-order valence-electron chi connectivity index (χ3n) is 3.96. The SMILES string of the molecule is O=C(C=Cc1nc2ccccc2s1)Oc1ccc2c(c1)CCC2. The largest absolute Gasteiger partial charge is 0.423 e. The van der Waals surface area contributed by atoms with Crippen LogP contribution in [0.25, 0.3) is 16.3 Å². The van der Waals surface area contributed by atoms with Gasteiger partial charge in [0.15, 0.2) is 0 Å². The molecule has 3 nitrogen and oxygen atoms in total. The zero-order chi connectivity index (χ0) is 15.6. The summed E-state index contributed by atoms with van der Waals surface area (Å²) in [6.45, 7) is 0. The Hall–Kier alpha value is -2.46. The summed E-state index contributed by atoms with van der Waals surface area (Å²) in [5, 5.41) is 0.803. The first-order valence-electron chi connectivity index (χ1n) is 7.65. The third kappa shape index (κ3) is 3.03. The predicted octanol–water partition coefficient (Wildman–Crippen LogP) is 4.40. The summed E-state index contributed by atoms with van der Waals surface area (Å²) in [5.74, 6) is 0.242. The van der Waals surface area contributed by atoms with Gasteiger partial charge in [-0.15, -0.1) is 11.3 Å². The molecule has 1 aliphatic carbocycles. The maximum Gasteiger partial charge on any atom is 0.336 e. The summed E-state index contributed by atoms with van der Waals surface area (Å²) < 4.78 is 6.50. The Bertz CT molecular complexity index is 878. The molecule has 0 spiro atoms. The molecule has 0 aliphatic heterocycles. The molecule has 1 heterocycles. The second kappa shape index (κ2) is 5.97. The van der Waals surface area contributed by atoms with E-state index in [1.165, 1.54) is 23.6 Å². The summed E-state index contributed by atoms with van der Waals surface area (Å²) in [4.78, 5) is 16.4. The van der Waals surface area contributed by atoms with Crippen LogP contribution in [-0.4, -0.2) is 11.0 Å². The summed E-state index contributed by atoms with van der Waals surface area (Å²) in [7, 11) is 0. The lowest BCUT2D eigenvalue weighted by Crippen LogP contribution is -2.04. The molecular weight excluding hydrogens is 306 g/mol. The van der Waals surface area contributed by atoms with Crippen molar-refractivity contribution in [1.82, 2.24) is 4.98 Å². The van der Waals surface area contributed by atoms with E-state index in [2.05, 4.69) is 11.1 Å². The normalized spacial score (nSPS) is 13.6. The van der Waals surface area contributed by atoms with E-state index in [0.29, 0.717) is 5.75 Å².